The van der Waals surface area contributed by atoms with Crippen LogP contribution in [0.5, 0.6) is 0 Å². The van der Waals surface area contributed by atoms with Gasteiger partial charge in [0.05, 0.1) is 0 Å². The number of piperidine rings is 1. The highest BCUT2D eigenvalue weighted by atomic mass is 79.9. The Bertz CT molecular complexity index is 550. The third-order valence-electron chi connectivity index (χ3n) is 3.50. The summed E-state index contributed by atoms with van der Waals surface area (Å²) in [7, 11) is -3.47. The first-order valence-electron chi connectivity index (χ1n) is 6.74. The molecule has 0 bridgehead atoms. The van der Waals surface area contributed by atoms with E-state index in [9.17, 15) is 8.42 Å². The van der Waals surface area contributed by atoms with Gasteiger partial charge in [-0.3, -0.25) is 0 Å². The van der Waals surface area contributed by atoms with E-state index >= 15 is 0 Å². The molecule has 1 aromatic rings. The number of nitrogens with zero attached hydrogens (tertiary/aromatic N) is 1. The van der Waals surface area contributed by atoms with E-state index < -0.39 is 10.2 Å². The molecule has 0 aromatic heterocycles. The van der Waals surface area contributed by atoms with E-state index in [0.717, 1.165) is 29.3 Å². The van der Waals surface area contributed by atoms with Crippen LogP contribution in [0.2, 0.25) is 0 Å². The van der Waals surface area contributed by atoms with Crippen LogP contribution in [-0.4, -0.2) is 31.9 Å². The van der Waals surface area contributed by atoms with E-state index in [-0.39, 0.29) is 12.6 Å². The van der Waals surface area contributed by atoms with Crippen LogP contribution in [0.15, 0.2) is 28.7 Å². The standard InChI is InChI=1S/C13H20BrN3O2S/c14-12-5-3-4-11(8-12)10-16-20(18,19)17-7-2-1-6-13(17)9-15/h3-5,8,13,16H,1-2,6-7,9-10,15H2. The summed E-state index contributed by atoms with van der Waals surface area (Å²) in [6.45, 7) is 1.21. The Morgan fingerprint density at radius 1 is 1.40 bits per heavy atom. The molecule has 3 N–H and O–H groups in total. The number of benzene rings is 1. The Morgan fingerprint density at radius 3 is 2.90 bits per heavy atom. The quantitative estimate of drug-likeness (QED) is 0.836. The van der Waals surface area contributed by atoms with E-state index in [4.69, 9.17) is 5.73 Å². The fourth-order valence-corrected chi connectivity index (χ4v) is 4.35. The van der Waals surface area contributed by atoms with Gasteiger partial charge in [-0.1, -0.05) is 34.5 Å². The fraction of sp³-hybridized carbons (Fsp3) is 0.538. The van der Waals surface area contributed by atoms with Gasteiger partial charge >= 0.3 is 0 Å². The van der Waals surface area contributed by atoms with Crippen molar-refractivity contribution in [2.24, 2.45) is 5.73 Å². The molecule has 1 atom stereocenters. The minimum atomic E-state index is -3.47. The maximum atomic E-state index is 12.4. The minimum Gasteiger partial charge on any atom is -0.329 e. The van der Waals surface area contributed by atoms with Gasteiger partial charge in [0, 0.05) is 30.1 Å². The third kappa shape index (κ3) is 4.02. The lowest BCUT2D eigenvalue weighted by Gasteiger charge is -2.33. The first-order valence-corrected chi connectivity index (χ1v) is 8.97. The van der Waals surface area contributed by atoms with Crippen LogP contribution in [0.1, 0.15) is 24.8 Å². The summed E-state index contributed by atoms with van der Waals surface area (Å²) in [6, 6.07) is 7.51. The smallest absolute Gasteiger partial charge is 0.280 e. The van der Waals surface area contributed by atoms with Crippen LogP contribution < -0.4 is 10.5 Å². The average Bonchev–Trinajstić information content (AvgIpc) is 2.45. The highest BCUT2D eigenvalue weighted by Crippen LogP contribution is 2.19. The third-order valence-corrected chi connectivity index (χ3v) is 5.60. The number of nitrogens with two attached hydrogens (primary N) is 1. The van der Waals surface area contributed by atoms with Gasteiger partial charge in [0.25, 0.3) is 10.2 Å². The van der Waals surface area contributed by atoms with Crippen LogP contribution >= 0.6 is 15.9 Å². The van der Waals surface area contributed by atoms with Gasteiger partial charge in [-0.15, -0.1) is 0 Å². The molecule has 1 unspecified atom stereocenters. The predicted molar refractivity (Wildman–Crippen MR) is 83.3 cm³/mol. The molecule has 0 amide bonds. The average molecular weight is 362 g/mol. The molecule has 20 heavy (non-hydrogen) atoms. The summed E-state index contributed by atoms with van der Waals surface area (Å²) in [5, 5.41) is 0. The first kappa shape index (κ1) is 15.9. The predicted octanol–water partition coefficient (Wildman–Crippen LogP) is 1.60. The van der Waals surface area contributed by atoms with Gasteiger partial charge < -0.3 is 5.73 Å². The Kier molecular flexibility index (Phi) is 5.57. The number of halogens is 1. The van der Waals surface area contributed by atoms with Gasteiger partial charge in [-0.05, 0) is 30.5 Å². The molecule has 1 saturated heterocycles. The van der Waals surface area contributed by atoms with Crippen LogP contribution in [0.25, 0.3) is 0 Å². The summed E-state index contributed by atoms with van der Waals surface area (Å²) < 4.78 is 29.8. The molecule has 2 rings (SSSR count). The molecule has 0 radical (unpaired) electrons. The van der Waals surface area contributed by atoms with Crippen LogP contribution in [-0.2, 0) is 16.8 Å². The summed E-state index contributed by atoms with van der Waals surface area (Å²) >= 11 is 3.38. The van der Waals surface area contributed by atoms with E-state index in [2.05, 4.69) is 20.7 Å². The molecule has 0 saturated carbocycles. The van der Waals surface area contributed by atoms with Crippen molar-refractivity contribution >= 4 is 26.1 Å². The van der Waals surface area contributed by atoms with E-state index in [1.807, 2.05) is 24.3 Å². The molecule has 1 aliphatic heterocycles. The van der Waals surface area contributed by atoms with Crippen molar-refractivity contribution in [1.82, 2.24) is 9.03 Å². The fourth-order valence-electron chi connectivity index (χ4n) is 2.43. The SMILES string of the molecule is NCC1CCCCN1S(=O)(=O)NCc1cccc(Br)c1. The minimum absolute atomic E-state index is 0.0799. The van der Waals surface area contributed by atoms with Crippen LogP contribution in [0.3, 0.4) is 0 Å². The summed E-state index contributed by atoms with van der Waals surface area (Å²) in [5.41, 5.74) is 6.60. The number of hydrogen-bond acceptors (Lipinski definition) is 3. The molecular formula is C13H20BrN3O2S. The zero-order valence-electron chi connectivity index (χ0n) is 11.3. The molecule has 5 nitrogen and oxygen atoms in total. The largest absolute Gasteiger partial charge is 0.329 e. The molecule has 1 heterocycles. The van der Waals surface area contributed by atoms with E-state index in [1.165, 1.54) is 4.31 Å². The van der Waals surface area contributed by atoms with Gasteiger partial charge in [0.15, 0.2) is 0 Å². The molecule has 1 aromatic carbocycles. The van der Waals surface area contributed by atoms with E-state index in [1.54, 1.807) is 0 Å². The van der Waals surface area contributed by atoms with Gasteiger partial charge in [0.2, 0.25) is 0 Å². The molecule has 7 heteroatoms. The van der Waals surface area contributed by atoms with Crippen molar-refractivity contribution in [3.05, 3.63) is 34.3 Å². The maximum absolute atomic E-state index is 12.4. The second-order valence-corrected chi connectivity index (χ2v) is 7.58. The van der Waals surface area contributed by atoms with Crippen molar-refractivity contribution < 1.29 is 8.42 Å². The highest BCUT2D eigenvalue weighted by Gasteiger charge is 2.30. The Labute approximate surface area is 128 Å². The van der Waals surface area contributed by atoms with Crippen LogP contribution in [0.4, 0.5) is 0 Å². The summed E-state index contributed by atoms with van der Waals surface area (Å²) in [5.74, 6) is 0. The zero-order chi connectivity index (χ0) is 14.6. The molecule has 1 aliphatic rings. The van der Waals surface area contributed by atoms with Crippen molar-refractivity contribution in [1.29, 1.82) is 0 Å². The van der Waals surface area contributed by atoms with Crippen molar-refractivity contribution in [2.75, 3.05) is 13.1 Å². The van der Waals surface area contributed by atoms with Gasteiger partial charge in [0.1, 0.15) is 0 Å². The van der Waals surface area contributed by atoms with Crippen LogP contribution in [0, 0.1) is 0 Å². The van der Waals surface area contributed by atoms with Crippen molar-refractivity contribution in [2.45, 2.75) is 31.8 Å². The highest BCUT2D eigenvalue weighted by molar-refractivity contribution is 9.10. The summed E-state index contributed by atoms with van der Waals surface area (Å²) in [6.07, 6.45) is 2.78. The number of hydrogen-bond donors (Lipinski definition) is 2. The molecule has 112 valence electrons. The lowest BCUT2D eigenvalue weighted by atomic mass is 10.1. The van der Waals surface area contributed by atoms with Crippen molar-refractivity contribution in [3.63, 3.8) is 0 Å². The monoisotopic (exact) mass is 361 g/mol. The normalized spacial score (nSPS) is 21.0. The van der Waals surface area contributed by atoms with E-state index in [0.29, 0.717) is 13.1 Å². The molecule has 1 fully saturated rings. The molecule has 0 spiro atoms. The van der Waals surface area contributed by atoms with Gasteiger partial charge in [-0.25, -0.2) is 0 Å². The van der Waals surface area contributed by atoms with Gasteiger partial charge in [-0.2, -0.15) is 17.4 Å². The van der Waals surface area contributed by atoms with Crippen molar-refractivity contribution in [3.8, 4) is 0 Å². The summed E-state index contributed by atoms with van der Waals surface area (Å²) in [4.78, 5) is 0. The maximum Gasteiger partial charge on any atom is 0.280 e. The first-order chi connectivity index (χ1) is 9.53. The lowest BCUT2D eigenvalue weighted by Crippen LogP contribution is -2.51. The second-order valence-electron chi connectivity index (χ2n) is 4.95. The number of rotatable bonds is 5. The Morgan fingerprint density at radius 2 is 2.20 bits per heavy atom. The zero-order valence-corrected chi connectivity index (χ0v) is 13.7. The Hall–Kier alpha value is -0.470. The molecule has 0 aliphatic carbocycles. The number of nitrogens with one attached hydrogen (secondary N) is 1. The molecular weight excluding hydrogens is 342 g/mol. The topological polar surface area (TPSA) is 75.4 Å². The Balaban J connectivity index is 2.03. The second kappa shape index (κ2) is 7.00. The lowest BCUT2D eigenvalue weighted by molar-refractivity contribution is 0.254.